The molecule has 0 fully saturated rings. The zero-order chi connectivity index (χ0) is 107. The Morgan fingerprint density at radius 2 is 0.564 bits per heavy atom. The molecule has 18 amide bonds. The van der Waals surface area contributed by atoms with Gasteiger partial charge in [0.05, 0.1) is 31.3 Å². The van der Waals surface area contributed by atoms with Gasteiger partial charge in [0.1, 0.15) is 96.7 Å². The van der Waals surface area contributed by atoms with Gasteiger partial charge in [0.2, 0.25) is 106 Å². The maximum Gasteiger partial charge on any atom is 0.305 e. The molecule has 1 rings (SSSR count). The van der Waals surface area contributed by atoms with Crippen molar-refractivity contribution in [3.8, 4) is 0 Å². The minimum atomic E-state index is -2.26. The van der Waals surface area contributed by atoms with Gasteiger partial charge in [0, 0.05) is 51.6 Å². The number of carboxylic acid groups (broad SMARTS) is 7. The highest BCUT2D eigenvalue weighted by Crippen LogP contribution is 2.18. The minimum absolute atomic E-state index is 0.0219. The van der Waals surface area contributed by atoms with Crippen LogP contribution < -0.4 is 108 Å². The molecule has 0 radical (unpaired) electrons. The van der Waals surface area contributed by atoms with Gasteiger partial charge in [-0.2, -0.15) is 0 Å². The topological polar surface area (TPSA) is 894 Å². The SMILES string of the molecule is CC[C@H](C)[C@H](NC(C)=O)C(=O)N[C@H](C(=O)N[C@@H](CCC(=O)O)C(=O)N[C@@H](CC(C)C)C(=O)N[C@@H](CCC(=O)O)C(=O)N[C@@H](CCC(N)=O)C(=O)N[C@@H](CC(=O)O)C(=O)N[C@@H](CC(C)C)C(=O)N[C@@H](CC(=O)O)C(=O)N[C@@H](Cc1c[nH]cn1)C(=O)N[C@@H](CC(C)C)C(=O)N[C@@H](CCCCN)C(=O)N[C@@H](CC(=O)O)C(=O)N[C@@H](CCC(=O)O)C(=O)N[C@@H](CCCCN)C(=O)N[C@@H](CCC(=O)O)C(N)=O)C(C)C. The van der Waals surface area contributed by atoms with Gasteiger partial charge in [0.15, 0.2) is 0 Å². The van der Waals surface area contributed by atoms with E-state index in [1.165, 1.54) is 40.8 Å². The number of unbranched alkanes of at least 4 members (excludes halogenated alkanes) is 2. The van der Waals surface area contributed by atoms with Gasteiger partial charge < -0.3 is 149 Å². The van der Waals surface area contributed by atoms with Crippen molar-refractivity contribution in [2.24, 2.45) is 52.5 Å². The number of aromatic nitrogens is 2. The Bertz CT molecular complexity index is 4440. The second-order valence-corrected chi connectivity index (χ2v) is 35.3. The van der Waals surface area contributed by atoms with Gasteiger partial charge in [-0.1, -0.05) is 75.7 Å². The second-order valence-electron chi connectivity index (χ2n) is 35.3. The predicted octanol–water partition coefficient (Wildman–Crippen LogP) is -6.54. The van der Waals surface area contributed by atoms with Crippen LogP contribution in [0.3, 0.4) is 0 Å². The van der Waals surface area contributed by atoms with Crippen LogP contribution in [0.1, 0.15) is 230 Å². The number of carbonyl (C=O) groups excluding carboxylic acids is 18. The van der Waals surface area contributed by atoms with Gasteiger partial charge in [-0.15, -0.1) is 0 Å². The van der Waals surface area contributed by atoms with Crippen molar-refractivity contribution >= 4 is 148 Å². The van der Waals surface area contributed by atoms with E-state index in [4.69, 9.17) is 22.9 Å². The lowest BCUT2D eigenvalue weighted by molar-refractivity contribution is -0.142. The molecule has 0 spiro atoms. The molecule has 32 N–H and O–H groups in total. The number of nitrogens with two attached hydrogens (primary N) is 4. The number of hydrogen-bond donors (Lipinski definition) is 28. The van der Waals surface area contributed by atoms with Gasteiger partial charge in [-0.3, -0.25) is 120 Å². The Hall–Kier alpha value is -14.1. The van der Waals surface area contributed by atoms with Crippen LogP contribution in [0, 0.1) is 29.6 Å². The number of rotatable bonds is 72. The van der Waals surface area contributed by atoms with E-state index >= 15 is 0 Å². The molecule has 0 aliphatic heterocycles. The lowest BCUT2D eigenvalue weighted by atomic mass is 9.96. The number of aromatic amines is 1. The number of amides is 18. The molecule has 54 heteroatoms. The molecule has 1 aromatic rings. The van der Waals surface area contributed by atoms with Crippen LogP contribution in [-0.2, 0) is 126 Å². The van der Waals surface area contributed by atoms with Gasteiger partial charge in [-0.25, -0.2) is 4.98 Å². The van der Waals surface area contributed by atoms with Crippen molar-refractivity contribution < 1.29 is 156 Å². The van der Waals surface area contributed by atoms with Crippen LogP contribution in [0.25, 0.3) is 0 Å². The third-order valence-corrected chi connectivity index (χ3v) is 21.4. The van der Waals surface area contributed by atoms with Crippen LogP contribution in [0.5, 0.6) is 0 Å². The highest BCUT2D eigenvalue weighted by atomic mass is 16.4. The number of hydrogen-bond acceptors (Lipinski definition) is 28. The monoisotopic (exact) mass is 1990 g/mol. The largest absolute Gasteiger partial charge is 0.481 e. The minimum Gasteiger partial charge on any atom is -0.481 e. The average Bonchev–Trinajstić information content (AvgIpc) is 0.864. The summed E-state index contributed by atoms with van der Waals surface area (Å²) in [6, 6.07) is -28.8. The van der Waals surface area contributed by atoms with Crippen molar-refractivity contribution in [3.63, 3.8) is 0 Å². The van der Waals surface area contributed by atoms with Crippen molar-refractivity contribution in [3.05, 3.63) is 18.2 Å². The number of nitrogens with one attached hydrogen (secondary N) is 17. The first-order valence-corrected chi connectivity index (χ1v) is 45.7. The van der Waals surface area contributed by atoms with E-state index in [0.717, 1.165) is 6.33 Å². The second kappa shape index (κ2) is 64.1. The number of carboxylic acids is 7. The van der Waals surface area contributed by atoms with E-state index < -0.39 is 371 Å². The zero-order valence-electron chi connectivity index (χ0n) is 80.3. The van der Waals surface area contributed by atoms with Crippen molar-refractivity contribution in [2.75, 3.05) is 13.1 Å². The molecule has 17 atom stereocenters. The summed E-state index contributed by atoms with van der Waals surface area (Å²) >= 11 is 0. The maximum atomic E-state index is 14.8. The molecule has 0 bridgehead atoms. The number of aliphatic carboxylic acids is 7. The maximum absolute atomic E-state index is 14.8. The highest BCUT2D eigenvalue weighted by molar-refractivity contribution is 6.03. The molecule has 1 heterocycles. The Morgan fingerprint density at radius 3 is 0.829 bits per heavy atom. The summed E-state index contributed by atoms with van der Waals surface area (Å²) in [5.41, 5.74) is 22.3. The van der Waals surface area contributed by atoms with Crippen LogP contribution in [0.15, 0.2) is 12.5 Å². The van der Waals surface area contributed by atoms with Crippen molar-refractivity contribution in [2.45, 2.75) is 327 Å². The summed E-state index contributed by atoms with van der Waals surface area (Å²) in [7, 11) is 0. The lowest BCUT2D eigenvalue weighted by Gasteiger charge is -2.30. The van der Waals surface area contributed by atoms with Crippen LogP contribution in [-0.4, -0.2) is 304 Å². The van der Waals surface area contributed by atoms with Crippen molar-refractivity contribution in [1.29, 1.82) is 0 Å². The third kappa shape index (κ3) is 49.8. The molecule has 140 heavy (non-hydrogen) atoms. The first-order chi connectivity index (χ1) is 65.4. The number of primary amides is 2. The molecule has 54 nitrogen and oxygen atoms in total. The molecule has 0 aliphatic carbocycles. The molecular weight excluding hydrogens is 1850 g/mol. The first-order valence-electron chi connectivity index (χ1n) is 45.7. The molecule has 0 unspecified atom stereocenters. The fourth-order valence-electron chi connectivity index (χ4n) is 13.8. The lowest BCUT2D eigenvalue weighted by Crippen LogP contribution is -2.61. The van der Waals surface area contributed by atoms with Crippen LogP contribution in [0.4, 0.5) is 0 Å². The summed E-state index contributed by atoms with van der Waals surface area (Å²) in [6.07, 6.45) is -9.58. The Balaban J connectivity index is 3.89. The summed E-state index contributed by atoms with van der Waals surface area (Å²) in [5.74, 6) is -35.2. The number of carbonyl (C=O) groups is 25. The molecule has 786 valence electrons. The Morgan fingerprint density at radius 1 is 0.307 bits per heavy atom. The first kappa shape index (κ1) is 124. The zero-order valence-corrected chi connectivity index (χ0v) is 80.3. The summed E-state index contributed by atoms with van der Waals surface area (Å²) < 4.78 is 0. The molecule has 0 saturated heterocycles. The van der Waals surface area contributed by atoms with Crippen LogP contribution in [0.2, 0.25) is 0 Å². The molecule has 1 aromatic heterocycles. The summed E-state index contributed by atoms with van der Waals surface area (Å²) in [5, 5.41) is 106. The summed E-state index contributed by atoms with van der Waals surface area (Å²) in [6.45, 7) is 17.2. The van der Waals surface area contributed by atoms with Crippen molar-refractivity contribution in [1.82, 2.24) is 95.0 Å². The average molecular weight is 1990 g/mol. The van der Waals surface area contributed by atoms with E-state index in [0.29, 0.717) is 6.42 Å². The van der Waals surface area contributed by atoms with Crippen LogP contribution >= 0.6 is 0 Å². The number of imidazole rings is 1. The predicted molar refractivity (Wildman–Crippen MR) is 489 cm³/mol. The molecule has 0 aromatic carbocycles. The highest BCUT2D eigenvalue weighted by Gasteiger charge is 2.42. The molecule has 0 aliphatic rings. The van der Waals surface area contributed by atoms with E-state index in [1.54, 1.807) is 41.5 Å². The van der Waals surface area contributed by atoms with E-state index in [-0.39, 0.29) is 70.2 Å². The fourth-order valence-corrected chi connectivity index (χ4v) is 13.8. The third-order valence-electron chi connectivity index (χ3n) is 21.4. The van der Waals surface area contributed by atoms with Gasteiger partial charge in [-0.05, 0) is 133 Å². The smallest absolute Gasteiger partial charge is 0.305 e. The Labute approximate surface area is 806 Å². The number of nitrogens with zero attached hydrogens (tertiary/aromatic N) is 1. The van der Waals surface area contributed by atoms with E-state index in [2.05, 4.69) is 95.0 Å². The quantitative estimate of drug-likeness (QED) is 0.0270. The molecule has 0 saturated carbocycles. The fraction of sp³-hybridized carbons (Fsp3) is 0.674. The van der Waals surface area contributed by atoms with Gasteiger partial charge >= 0.3 is 41.8 Å². The van der Waals surface area contributed by atoms with E-state index in [1.807, 2.05) is 0 Å². The standard InChI is InChI=1S/C86H140N22O32/c1-12-44(10)70(93-45(11)109)86(140)108-69(43(8)9)85(139)100-53(23-28-65(117)118)77(131)101-54(31-40(2)3)79(133)98-52(22-27-64(115)116)75(129)97-50(19-24-61(89)110)76(130)106-59(36-67(121)122)83(137)103-56(33-42(6)7)80(134)107-60(37-68(123)124)84(138)104-57(34-46-38-91-39-92-46)81(135)102-55(32-41(4)5)78(132)96-49(18-14-16-30-88)73(127)105-58(35-66(119)120)82(136)99-51(21-26-63(113)114)74(128)95-48(17-13-15-29-87)72(126)94-47(71(90)125)20-25-62(111)112/h38-44,47-60,69-70H,12-37,87-88H2,1-11H3,(H2,89,110)(H2,90,125)(H,91,92)(H,93,109)(H,94,126)(H,95,128)(H,96,132)(H,97,129)(H,98,133)(H,99,136)(H,100,139)(H,101,131)(H,102,135)(H,103,137)(H,104,138)(H,105,127)(H,106,130)(H,107,134)(H,108,140)(H,111,112)(H,113,114)(H,115,116)(H,117,118)(H,119,120)(H,121,122)(H,123,124)/t44-,47-,48-,49-,50-,51-,52-,53-,54-,55-,56-,57-,58-,59-,60-,69-,70-/m0/s1. The Kier molecular flexibility index (Phi) is 56.7. The van der Waals surface area contributed by atoms with E-state index in [9.17, 15) is 156 Å². The summed E-state index contributed by atoms with van der Waals surface area (Å²) in [4.78, 5) is 343. The molecular formula is C86H140N22O32. The van der Waals surface area contributed by atoms with Gasteiger partial charge in [0.25, 0.3) is 0 Å². The normalized spacial score (nSPS) is 14.8. The number of H-pyrrole nitrogens is 1.